The lowest BCUT2D eigenvalue weighted by atomic mass is 9.96. The first-order valence-corrected chi connectivity index (χ1v) is 5.97. The van der Waals surface area contributed by atoms with E-state index in [2.05, 4.69) is 20.8 Å². The third-order valence-electron chi connectivity index (χ3n) is 3.71. The number of carbonyl (C=O) groups excluding carboxylic acids is 1. The molecular weight excluding hydrogens is 188 g/mol. The maximum absolute atomic E-state index is 12.2. The third kappa shape index (κ3) is 2.51. The van der Waals surface area contributed by atoms with Gasteiger partial charge >= 0.3 is 0 Å². The Bertz CT molecular complexity index is 238. The molecule has 0 saturated carbocycles. The number of likely N-dealkylation sites (tertiary alicyclic amines) is 1. The van der Waals surface area contributed by atoms with Gasteiger partial charge in [-0.1, -0.05) is 20.3 Å². The predicted molar refractivity (Wildman–Crippen MR) is 62.5 cm³/mol. The van der Waals surface area contributed by atoms with E-state index < -0.39 is 0 Å². The molecule has 15 heavy (non-hydrogen) atoms. The fourth-order valence-electron chi connectivity index (χ4n) is 2.19. The highest BCUT2D eigenvalue weighted by Gasteiger charge is 2.38. The van der Waals surface area contributed by atoms with Crippen LogP contribution < -0.4 is 5.73 Å². The van der Waals surface area contributed by atoms with E-state index in [1.807, 2.05) is 11.8 Å². The van der Waals surface area contributed by atoms with Gasteiger partial charge in [0, 0.05) is 12.1 Å². The lowest BCUT2D eigenvalue weighted by Crippen LogP contribution is -2.52. The molecule has 0 aromatic carbocycles. The first-order valence-electron chi connectivity index (χ1n) is 5.97. The maximum Gasteiger partial charge on any atom is 0.240 e. The highest BCUT2D eigenvalue weighted by Crippen LogP contribution is 2.29. The van der Waals surface area contributed by atoms with Crippen molar-refractivity contribution in [2.75, 3.05) is 6.54 Å². The summed E-state index contributed by atoms with van der Waals surface area (Å²) < 4.78 is 0. The average molecular weight is 212 g/mol. The predicted octanol–water partition coefficient (Wildman–Crippen LogP) is 1.76. The van der Waals surface area contributed by atoms with Crippen LogP contribution in [-0.2, 0) is 4.79 Å². The first-order chi connectivity index (χ1) is 6.90. The molecule has 1 fully saturated rings. The van der Waals surface area contributed by atoms with Crippen LogP contribution in [0.5, 0.6) is 0 Å². The van der Waals surface area contributed by atoms with Gasteiger partial charge in [0.05, 0.1) is 6.04 Å². The van der Waals surface area contributed by atoms with Crippen LogP contribution in [0.2, 0.25) is 0 Å². The van der Waals surface area contributed by atoms with Crippen LogP contribution in [0.4, 0.5) is 0 Å². The first kappa shape index (κ1) is 12.5. The fraction of sp³-hybridized carbons (Fsp3) is 0.917. The molecule has 3 heteroatoms. The zero-order chi connectivity index (χ0) is 11.6. The van der Waals surface area contributed by atoms with E-state index in [1.54, 1.807) is 0 Å². The summed E-state index contributed by atoms with van der Waals surface area (Å²) in [5.41, 5.74) is 5.98. The van der Waals surface area contributed by atoms with Crippen molar-refractivity contribution < 1.29 is 4.79 Å². The van der Waals surface area contributed by atoms with Gasteiger partial charge in [0.2, 0.25) is 5.91 Å². The van der Waals surface area contributed by atoms with Crippen molar-refractivity contribution in [3.8, 4) is 0 Å². The third-order valence-corrected chi connectivity index (χ3v) is 3.71. The summed E-state index contributed by atoms with van der Waals surface area (Å²) >= 11 is 0. The summed E-state index contributed by atoms with van der Waals surface area (Å²) in [5, 5.41) is 0. The number of amides is 1. The SMILES string of the molecule is CCC(C)[C@H](N)C(=O)N1CCCC1(C)C. The van der Waals surface area contributed by atoms with Crippen molar-refractivity contribution in [1.29, 1.82) is 0 Å². The Kier molecular flexibility index (Phi) is 3.77. The Hall–Kier alpha value is -0.570. The summed E-state index contributed by atoms with van der Waals surface area (Å²) in [6.45, 7) is 9.25. The quantitative estimate of drug-likeness (QED) is 0.775. The minimum absolute atomic E-state index is 0.00215. The Morgan fingerprint density at radius 2 is 2.13 bits per heavy atom. The zero-order valence-electron chi connectivity index (χ0n) is 10.4. The summed E-state index contributed by atoms with van der Waals surface area (Å²) in [5.74, 6) is 0.403. The van der Waals surface area contributed by atoms with Crippen LogP contribution in [0.25, 0.3) is 0 Å². The topological polar surface area (TPSA) is 46.3 Å². The van der Waals surface area contributed by atoms with Gasteiger partial charge in [-0.05, 0) is 32.6 Å². The van der Waals surface area contributed by atoms with Crippen LogP contribution in [0.3, 0.4) is 0 Å². The minimum Gasteiger partial charge on any atom is -0.336 e. The van der Waals surface area contributed by atoms with Gasteiger partial charge in [0.1, 0.15) is 0 Å². The van der Waals surface area contributed by atoms with E-state index in [0.717, 1.165) is 25.8 Å². The number of rotatable bonds is 3. The van der Waals surface area contributed by atoms with Crippen molar-refractivity contribution >= 4 is 5.91 Å². The number of hydrogen-bond acceptors (Lipinski definition) is 2. The van der Waals surface area contributed by atoms with Gasteiger partial charge in [-0.15, -0.1) is 0 Å². The minimum atomic E-state index is -0.327. The molecular formula is C12H24N2O. The van der Waals surface area contributed by atoms with Gasteiger partial charge < -0.3 is 10.6 Å². The van der Waals surface area contributed by atoms with Gasteiger partial charge in [0.15, 0.2) is 0 Å². The fourth-order valence-corrected chi connectivity index (χ4v) is 2.19. The smallest absolute Gasteiger partial charge is 0.240 e. The van der Waals surface area contributed by atoms with Crippen LogP contribution >= 0.6 is 0 Å². The van der Waals surface area contributed by atoms with Gasteiger partial charge in [-0.3, -0.25) is 4.79 Å². The van der Waals surface area contributed by atoms with Crippen LogP contribution in [-0.4, -0.2) is 28.9 Å². The lowest BCUT2D eigenvalue weighted by Gasteiger charge is -2.34. The van der Waals surface area contributed by atoms with Crippen LogP contribution in [0.1, 0.15) is 47.0 Å². The Labute approximate surface area is 93.0 Å². The molecule has 3 nitrogen and oxygen atoms in total. The number of hydrogen-bond donors (Lipinski definition) is 1. The number of carbonyl (C=O) groups is 1. The summed E-state index contributed by atoms with van der Waals surface area (Å²) in [7, 11) is 0. The molecule has 0 spiro atoms. The number of nitrogens with two attached hydrogens (primary N) is 1. The van der Waals surface area contributed by atoms with Crippen LogP contribution in [0.15, 0.2) is 0 Å². The molecule has 1 aliphatic rings. The standard InChI is InChI=1S/C12H24N2O/c1-5-9(2)10(13)11(15)14-8-6-7-12(14,3)4/h9-10H,5-8,13H2,1-4H3/t9?,10-/m0/s1. The van der Waals surface area contributed by atoms with Crippen molar-refractivity contribution in [3.63, 3.8) is 0 Å². The summed E-state index contributed by atoms with van der Waals surface area (Å²) in [6.07, 6.45) is 3.15. The second-order valence-electron chi connectivity index (χ2n) is 5.32. The largest absolute Gasteiger partial charge is 0.336 e. The van der Waals surface area contributed by atoms with E-state index in [0.29, 0.717) is 0 Å². The van der Waals surface area contributed by atoms with Crippen molar-refractivity contribution in [1.82, 2.24) is 4.90 Å². The molecule has 88 valence electrons. The molecule has 0 bridgehead atoms. The van der Waals surface area contributed by atoms with E-state index in [1.165, 1.54) is 0 Å². The molecule has 1 saturated heterocycles. The highest BCUT2D eigenvalue weighted by atomic mass is 16.2. The highest BCUT2D eigenvalue weighted by molar-refractivity contribution is 5.82. The Morgan fingerprint density at radius 3 is 2.53 bits per heavy atom. The van der Waals surface area contributed by atoms with E-state index in [4.69, 9.17) is 5.73 Å². The van der Waals surface area contributed by atoms with Gasteiger partial charge in [-0.25, -0.2) is 0 Å². The average Bonchev–Trinajstić information content (AvgIpc) is 2.54. The van der Waals surface area contributed by atoms with Crippen molar-refractivity contribution in [3.05, 3.63) is 0 Å². The molecule has 1 rings (SSSR count). The van der Waals surface area contributed by atoms with Crippen molar-refractivity contribution in [2.45, 2.75) is 58.5 Å². The normalized spacial score (nSPS) is 23.9. The molecule has 1 amide bonds. The second-order valence-corrected chi connectivity index (χ2v) is 5.32. The molecule has 2 N–H and O–H groups in total. The molecule has 0 aromatic heterocycles. The van der Waals surface area contributed by atoms with E-state index >= 15 is 0 Å². The Balaban J connectivity index is 2.68. The summed E-state index contributed by atoms with van der Waals surface area (Å²) in [6, 6.07) is -0.327. The number of nitrogens with zero attached hydrogens (tertiary/aromatic N) is 1. The van der Waals surface area contributed by atoms with Gasteiger partial charge in [0.25, 0.3) is 0 Å². The van der Waals surface area contributed by atoms with Gasteiger partial charge in [-0.2, -0.15) is 0 Å². The molecule has 0 radical (unpaired) electrons. The molecule has 2 atom stereocenters. The van der Waals surface area contributed by atoms with Crippen LogP contribution in [0, 0.1) is 5.92 Å². The zero-order valence-corrected chi connectivity index (χ0v) is 10.4. The molecule has 1 unspecified atom stereocenters. The summed E-state index contributed by atoms with van der Waals surface area (Å²) in [4.78, 5) is 14.1. The van der Waals surface area contributed by atoms with E-state index in [9.17, 15) is 4.79 Å². The molecule has 0 aliphatic carbocycles. The van der Waals surface area contributed by atoms with Crippen molar-refractivity contribution in [2.24, 2.45) is 11.7 Å². The monoisotopic (exact) mass is 212 g/mol. The Morgan fingerprint density at radius 1 is 1.53 bits per heavy atom. The second kappa shape index (κ2) is 4.52. The lowest BCUT2D eigenvalue weighted by molar-refractivity contribution is -0.136. The van der Waals surface area contributed by atoms with E-state index in [-0.39, 0.29) is 23.4 Å². The molecule has 1 heterocycles. The molecule has 0 aromatic rings. The maximum atomic E-state index is 12.2. The molecule has 1 aliphatic heterocycles.